The third-order valence-electron chi connectivity index (χ3n) is 1.98. The van der Waals surface area contributed by atoms with Crippen molar-refractivity contribution in [3.8, 4) is 0 Å². The van der Waals surface area contributed by atoms with E-state index in [-0.39, 0.29) is 0 Å². The molecule has 0 bridgehead atoms. The van der Waals surface area contributed by atoms with Crippen LogP contribution >= 0.6 is 23.4 Å². The summed E-state index contributed by atoms with van der Waals surface area (Å²) in [5, 5.41) is 0.773. The molecule has 15 heavy (non-hydrogen) atoms. The van der Waals surface area contributed by atoms with Crippen LogP contribution in [0.5, 0.6) is 0 Å². The van der Waals surface area contributed by atoms with E-state index in [1.807, 2.05) is 18.2 Å². The lowest BCUT2D eigenvalue weighted by atomic mass is 10.1. The molecule has 0 atom stereocenters. The van der Waals surface area contributed by atoms with E-state index >= 15 is 0 Å². The van der Waals surface area contributed by atoms with Crippen molar-refractivity contribution >= 4 is 23.4 Å². The minimum atomic E-state index is 0.651. The Labute approximate surface area is 100 Å². The summed E-state index contributed by atoms with van der Waals surface area (Å²) in [6.07, 6.45) is 0.871. The first-order chi connectivity index (χ1) is 7.27. The molecule has 2 N–H and O–H groups in total. The minimum Gasteiger partial charge on any atom is -0.384 e. The van der Waals surface area contributed by atoms with Crippen molar-refractivity contribution in [3.63, 3.8) is 0 Å². The molecular formula is C11H16ClNOS. The Bertz CT molecular complexity index is 307. The standard InChI is InChI=1S/C11H16ClNOS/c1-14-6-7-15-11-3-2-10(12)8-9(11)4-5-13/h2-3,8H,4-7,13H2,1H3. The Balaban J connectivity index is 2.67. The molecule has 0 unspecified atom stereocenters. The zero-order chi connectivity index (χ0) is 11.1. The lowest BCUT2D eigenvalue weighted by molar-refractivity contribution is 0.218. The molecule has 0 fully saturated rings. The molecule has 1 aromatic rings. The van der Waals surface area contributed by atoms with Gasteiger partial charge in [-0.1, -0.05) is 11.6 Å². The predicted molar refractivity (Wildman–Crippen MR) is 66.8 cm³/mol. The SMILES string of the molecule is COCCSc1ccc(Cl)cc1CCN. The first-order valence-corrected chi connectivity index (χ1v) is 6.24. The van der Waals surface area contributed by atoms with Crippen LogP contribution in [0.25, 0.3) is 0 Å². The van der Waals surface area contributed by atoms with Gasteiger partial charge in [-0.05, 0) is 36.7 Å². The molecule has 0 heterocycles. The predicted octanol–water partition coefficient (Wildman–Crippen LogP) is 2.58. The summed E-state index contributed by atoms with van der Waals surface area (Å²) < 4.78 is 5.02. The molecule has 1 rings (SSSR count). The molecule has 0 saturated heterocycles. The van der Waals surface area contributed by atoms with Crippen molar-refractivity contribution in [2.75, 3.05) is 26.0 Å². The van der Waals surface area contributed by atoms with Crippen LogP contribution in [0.15, 0.2) is 23.1 Å². The molecule has 0 amide bonds. The fraction of sp³-hybridized carbons (Fsp3) is 0.455. The van der Waals surface area contributed by atoms with Gasteiger partial charge in [0.05, 0.1) is 6.61 Å². The van der Waals surface area contributed by atoms with Crippen molar-refractivity contribution < 1.29 is 4.74 Å². The third kappa shape index (κ3) is 4.43. The molecule has 0 saturated carbocycles. The smallest absolute Gasteiger partial charge is 0.0556 e. The van der Waals surface area contributed by atoms with Gasteiger partial charge in [-0.25, -0.2) is 0 Å². The van der Waals surface area contributed by atoms with Crippen LogP contribution in [0, 0.1) is 0 Å². The average Bonchev–Trinajstić information content (AvgIpc) is 2.22. The fourth-order valence-electron chi connectivity index (χ4n) is 1.27. The highest BCUT2D eigenvalue weighted by Crippen LogP contribution is 2.25. The van der Waals surface area contributed by atoms with Gasteiger partial charge in [-0.15, -0.1) is 11.8 Å². The van der Waals surface area contributed by atoms with Gasteiger partial charge in [-0.3, -0.25) is 0 Å². The lowest BCUT2D eigenvalue weighted by Crippen LogP contribution is -2.04. The first kappa shape index (κ1) is 12.8. The molecule has 84 valence electrons. The van der Waals surface area contributed by atoms with E-state index in [1.54, 1.807) is 18.9 Å². The van der Waals surface area contributed by atoms with E-state index in [2.05, 4.69) is 0 Å². The summed E-state index contributed by atoms with van der Waals surface area (Å²) in [6.45, 7) is 1.41. The second-order valence-corrected chi connectivity index (χ2v) is 4.71. The maximum Gasteiger partial charge on any atom is 0.0556 e. The molecule has 0 aliphatic heterocycles. The molecule has 4 heteroatoms. The zero-order valence-electron chi connectivity index (χ0n) is 8.83. The van der Waals surface area contributed by atoms with Gasteiger partial charge in [0.2, 0.25) is 0 Å². The van der Waals surface area contributed by atoms with Crippen molar-refractivity contribution in [1.29, 1.82) is 0 Å². The highest BCUT2D eigenvalue weighted by atomic mass is 35.5. The van der Waals surface area contributed by atoms with Crippen molar-refractivity contribution in [1.82, 2.24) is 0 Å². The molecule has 1 aromatic carbocycles. The number of thioether (sulfide) groups is 1. The fourth-order valence-corrected chi connectivity index (χ4v) is 2.45. The van der Waals surface area contributed by atoms with E-state index < -0.39 is 0 Å². The van der Waals surface area contributed by atoms with Gasteiger partial charge in [0.1, 0.15) is 0 Å². The van der Waals surface area contributed by atoms with E-state index in [4.69, 9.17) is 22.1 Å². The molecule has 0 aliphatic rings. The van der Waals surface area contributed by atoms with Gasteiger partial charge in [-0.2, -0.15) is 0 Å². The monoisotopic (exact) mass is 245 g/mol. The molecule has 0 spiro atoms. The van der Waals surface area contributed by atoms with E-state index in [0.29, 0.717) is 6.54 Å². The average molecular weight is 246 g/mol. The number of halogens is 1. The maximum atomic E-state index is 5.94. The summed E-state index contributed by atoms with van der Waals surface area (Å²) in [5.41, 5.74) is 6.79. The Hall–Kier alpha value is -0.220. The number of nitrogens with two attached hydrogens (primary N) is 1. The molecule has 0 radical (unpaired) electrons. The Morgan fingerprint density at radius 1 is 1.47 bits per heavy atom. The van der Waals surface area contributed by atoms with Gasteiger partial charge >= 0.3 is 0 Å². The third-order valence-corrected chi connectivity index (χ3v) is 3.30. The number of ether oxygens (including phenoxy) is 1. The van der Waals surface area contributed by atoms with Crippen LogP contribution in [0.3, 0.4) is 0 Å². The number of benzene rings is 1. The van der Waals surface area contributed by atoms with Crippen LogP contribution in [-0.2, 0) is 11.2 Å². The van der Waals surface area contributed by atoms with Crippen LogP contribution in [0.4, 0.5) is 0 Å². The Morgan fingerprint density at radius 2 is 2.27 bits per heavy atom. The topological polar surface area (TPSA) is 35.2 Å². The second kappa shape index (κ2) is 7.12. The summed E-state index contributed by atoms with van der Waals surface area (Å²) in [4.78, 5) is 1.25. The van der Waals surface area contributed by atoms with E-state index in [9.17, 15) is 0 Å². The maximum absolute atomic E-state index is 5.94. The molecule has 2 nitrogen and oxygen atoms in total. The summed E-state index contributed by atoms with van der Waals surface area (Å²) in [7, 11) is 1.71. The van der Waals surface area contributed by atoms with Gasteiger partial charge in [0, 0.05) is 22.8 Å². The highest BCUT2D eigenvalue weighted by Gasteiger charge is 2.03. The van der Waals surface area contributed by atoms with Crippen LogP contribution in [-0.4, -0.2) is 26.0 Å². The first-order valence-electron chi connectivity index (χ1n) is 4.88. The largest absolute Gasteiger partial charge is 0.384 e. The van der Waals surface area contributed by atoms with Gasteiger partial charge in [0.15, 0.2) is 0 Å². The molecule has 0 aromatic heterocycles. The quantitative estimate of drug-likeness (QED) is 0.618. The van der Waals surface area contributed by atoms with Gasteiger partial charge < -0.3 is 10.5 Å². The van der Waals surface area contributed by atoms with Crippen molar-refractivity contribution in [2.24, 2.45) is 5.73 Å². The number of hydrogen-bond acceptors (Lipinski definition) is 3. The summed E-state index contributed by atoms with van der Waals surface area (Å²) >= 11 is 7.72. The molecule has 0 aliphatic carbocycles. The molecular weight excluding hydrogens is 230 g/mol. The van der Waals surface area contributed by atoms with Crippen molar-refractivity contribution in [3.05, 3.63) is 28.8 Å². The number of hydrogen-bond donors (Lipinski definition) is 1. The van der Waals surface area contributed by atoms with Crippen molar-refractivity contribution in [2.45, 2.75) is 11.3 Å². The lowest BCUT2D eigenvalue weighted by Gasteiger charge is -2.08. The second-order valence-electron chi connectivity index (χ2n) is 3.13. The normalized spacial score (nSPS) is 10.6. The van der Waals surface area contributed by atoms with Crippen LogP contribution in [0.1, 0.15) is 5.56 Å². The van der Waals surface area contributed by atoms with E-state index in [1.165, 1.54) is 10.5 Å². The van der Waals surface area contributed by atoms with Gasteiger partial charge in [0.25, 0.3) is 0 Å². The zero-order valence-corrected chi connectivity index (χ0v) is 10.4. The summed E-state index contributed by atoms with van der Waals surface area (Å²) in [5.74, 6) is 0.954. The Morgan fingerprint density at radius 3 is 2.93 bits per heavy atom. The minimum absolute atomic E-state index is 0.651. The highest BCUT2D eigenvalue weighted by molar-refractivity contribution is 7.99. The number of rotatable bonds is 6. The van der Waals surface area contributed by atoms with Crippen LogP contribution < -0.4 is 5.73 Å². The summed E-state index contributed by atoms with van der Waals surface area (Å²) in [6, 6.07) is 5.95. The van der Waals surface area contributed by atoms with Crippen LogP contribution in [0.2, 0.25) is 5.02 Å². The Kier molecular flexibility index (Phi) is 6.10. The number of methoxy groups -OCH3 is 1. The van der Waals surface area contributed by atoms with E-state index in [0.717, 1.165) is 23.8 Å².